The molecule has 1 aliphatic rings. The summed E-state index contributed by atoms with van der Waals surface area (Å²) in [5, 5.41) is 6.48. The number of para-hydroxylation sites is 1. The van der Waals surface area contributed by atoms with Crippen molar-refractivity contribution in [2.45, 2.75) is 6.04 Å². The third kappa shape index (κ3) is 1.61. The van der Waals surface area contributed by atoms with Gasteiger partial charge in [-0.3, -0.25) is 0 Å². The molecule has 1 aliphatic heterocycles. The van der Waals surface area contributed by atoms with Crippen molar-refractivity contribution in [2.24, 2.45) is 0 Å². The Morgan fingerprint density at radius 2 is 2.50 bits per heavy atom. The molecule has 1 aromatic rings. The highest BCUT2D eigenvalue weighted by atomic mass is 16.5. The zero-order valence-electron chi connectivity index (χ0n) is 8.21. The van der Waals surface area contributed by atoms with Crippen molar-refractivity contribution in [1.82, 2.24) is 5.32 Å². The largest absolute Gasteiger partial charge is 0.487 e. The maximum absolute atomic E-state index is 5.78. The van der Waals surface area contributed by atoms with Gasteiger partial charge in [-0.2, -0.15) is 0 Å². The summed E-state index contributed by atoms with van der Waals surface area (Å²) in [5.74, 6) is 0.778. The van der Waals surface area contributed by atoms with Crippen molar-refractivity contribution in [3.8, 4) is 5.75 Å². The van der Waals surface area contributed by atoms with Crippen molar-refractivity contribution in [2.75, 3.05) is 31.2 Å². The Kier molecular flexibility index (Phi) is 2.45. The average Bonchev–Trinajstić information content (AvgIpc) is 2.18. The van der Waals surface area contributed by atoms with Gasteiger partial charge >= 0.3 is 0 Å². The number of nitrogen functional groups attached to an aromatic ring is 1. The van der Waals surface area contributed by atoms with E-state index >= 15 is 0 Å². The first-order valence-corrected chi connectivity index (χ1v) is 4.73. The number of likely N-dealkylation sites (N-methyl/N-ethyl adjacent to an activating group) is 1. The van der Waals surface area contributed by atoms with Crippen LogP contribution in [-0.2, 0) is 0 Å². The number of benzene rings is 1. The standard InChI is InChI=1S/C10H15N3O/c1-12-5-7-6-14-10-8(11)3-2-4-9(10)13-7/h2-4,7,12-13H,5-6,11H2,1H3. The van der Waals surface area contributed by atoms with Crippen LogP contribution >= 0.6 is 0 Å². The third-order valence-electron chi connectivity index (χ3n) is 2.28. The van der Waals surface area contributed by atoms with Gasteiger partial charge in [0.25, 0.3) is 0 Å². The fraction of sp³-hybridized carbons (Fsp3) is 0.400. The van der Waals surface area contributed by atoms with Crippen molar-refractivity contribution in [1.29, 1.82) is 0 Å². The Bertz CT molecular complexity index is 327. The van der Waals surface area contributed by atoms with Crippen molar-refractivity contribution in [3.05, 3.63) is 18.2 Å². The molecule has 1 atom stereocenters. The van der Waals surface area contributed by atoms with Gasteiger partial charge in [0.15, 0.2) is 5.75 Å². The molecular weight excluding hydrogens is 178 g/mol. The van der Waals surface area contributed by atoms with Crippen molar-refractivity contribution >= 4 is 11.4 Å². The van der Waals surface area contributed by atoms with Crippen LogP contribution in [0.1, 0.15) is 0 Å². The number of ether oxygens (including phenoxy) is 1. The molecule has 4 heteroatoms. The molecule has 14 heavy (non-hydrogen) atoms. The predicted octanol–water partition coefficient (Wildman–Crippen LogP) is 0.661. The third-order valence-corrected chi connectivity index (χ3v) is 2.28. The zero-order chi connectivity index (χ0) is 9.97. The van der Waals surface area contributed by atoms with Gasteiger partial charge in [0.1, 0.15) is 6.61 Å². The summed E-state index contributed by atoms with van der Waals surface area (Å²) in [5.41, 5.74) is 7.46. The Hall–Kier alpha value is -1.42. The van der Waals surface area contributed by atoms with E-state index < -0.39 is 0 Å². The smallest absolute Gasteiger partial charge is 0.165 e. The van der Waals surface area contributed by atoms with E-state index in [1.807, 2.05) is 25.2 Å². The summed E-state index contributed by atoms with van der Waals surface area (Å²) in [6.45, 7) is 1.54. The molecule has 0 saturated carbocycles. The van der Waals surface area contributed by atoms with Crippen molar-refractivity contribution < 1.29 is 4.74 Å². The number of hydrogen-bond acceptors (Lipinski definition) is 4. The molecule has 0 spiro atoms. The summed E-state index contributed by atoms with van der Waals surface area (Å²) < 4.78 is 5.59. The molecule has 1 aromatic carbocycles. The molecule has 0 radical (unpaired) electrons. The number of hydrogen-bond donors (Lipinski definition) is 3. The summed E-state index contributed by atoms with van der Waals surface area (Å²) >= 11 is 0. The lowest BCUT2D eigenvalue weighted by molar-refractivity contribution is 0.284. The molecule has 0 aromatic heterocycles. The maximum atomic E-state index is 5.78. The van der Waals surface area contributed by atoms with Gasteiger partial charge in [-0.1, -0.05) is 6.07 Å². The molecule has 4 nitrogen and oxygen atoms in total. The highest BCUT2D eigenvalue weighted by Crippen LogP contribution is 2.33. The minimum atomic E-state index is 0.314. The first-order valence-electron chi connectivity index (χ1n) is 4.73. The molecular formula is C10H15N3O. The van der Waals surface area contributed by atoms with Gasteiger partial charge in [-0.15, -0.1) is 0 Å². The Labute approximate surface area is 83.4 Å². The van der Waals surface area contributed by atoms with Crippen LogP contribution in [0.25, 0.3) is 0 Å². The van der Waals surface area contributed by atoms with E-state index in [-0.39, 0.29) is 0 Å². The normalized spacial score (nSPS) is 19.4. The molecule has 0 fully saturated rings. The number of fused-ring (bicyclic) bond motifs is 1. The van der Waals surface area contributed by atoms with Crippen LogP contribution in [0, 0.1) is 0 Å². The highest BCUT2D eigenvalue weighted by molar-refractivity contribution is 5.70. The molecule has 0 aliphatic carbocycles. The van der Waals surface area contributed by atoms with E-state index in [2.05, 4.69) is 10.6 Å². The predicted molar refractivity (Wildman–Crippen MR) is 57.7 cm³/mol. The van der Waals surface area contributed by atoms with Gasteiger partial charge in [0.05, 0.1) is 17.4 Å². The topological polar surface area (TPSA) is 59.3 Å². The quantitative estimate of drug-likeness (QED) is 0.604. The Morgan fingerprint density at radius 3 is 3.29 bits per heavy atom. The summed E-state index contributed by atoms with van der Waals surface area (Å²) in [6, 6.07) is 6.06. The van der Waals surface area contributed by atoms with Gasteiger partial charge < -0.3 is 21.1 Å². The van der Waals surface area contributed by atoms with Crippen LogP contribution in [0.4, 0.5) is 11.4 Å². The minimum Gasteiger partial charge on any atom is -0.487 e. The van der Waals surface area contributed by atoms with Crippen LogP contribution in [0.3, 0.4) is 0 Å². The number of rotatable bonds is 2. The second-order valence-electron chi connectivity index (χ2n) is 3.43. The van der Waals surface area contributed by atoms with Gasteiger partial charge in [0.2, 0.25) is 0 Å². The van der Waals surface area contributed by atoms with E-state index in [0.717, 1.165) is 18.0 Å². The lowest BCUT2D eigenvalue weighted by Crippen LogP contribution is -2.39. The minimum absolute atomic E-state index is 0.314. The maximum Gasteiger partial charge on any atom is 0.165 e. The van der Waals surface area contributed by atoms with Crippen LogP contribution in [0.2, 0.25) is 0 Å². The fourth-order valence-electron chi connectivity index (χ4n) is 1.63. The van der Waals surface area contributed by atoms with E-state index in [4.69, 9.17) is 10.5 Å². The second kappa shape index (κ2) is 3.75. The van der Waals surface area contributed by atoms with Crippen LogP contribution < -0.4 is 21.1 Å². The van der Waals surface area contributed by atoms with Gasteiger partial charge in [-0.25, -0.2) is 0 Å². The Balaban J connectivity index is 2.18. The van der Waals surface area contributed by atoms with E-state index in [9.17, 15) is 0 Å². The molecule has 0 saturated heterocycles. The molecule has 4 N–H and O–H groups in total. The van der Waals surface area contributed by atoms with E-state index in [1.54, 1.807) is 0 Å². The SMILES string of the molecule is CNCC1COc2c(N)cccc2N1. The molecule has 0 amide bonds. The van der Waals surface area contributed by atoms with Crippen molar-refractivity contribution in [3.63, 3.8) is 0 Å². The lowest BCUT2D eigenvalue weighted by atomic mass is 10.2. The second-order valence-corrected chi connectivity index (χ2v) is 3.43. The molecule has 76 valence electrons. The van der Waals surface area contributed by atoms with Crippen LogP contribution in [0.5, 0.6) is 5.75 Å². The zero-order valence-corrected chi connectivity index (χ0v) is 8.21. The molecule has 2 rings (SSSR count). The summed E-state index contributed by atoms with van der Waals surface area (Å²) in [4.78, 5) is 0. The van der Waals surface area contributed by atoms with Gasteiger partial charge in [-0.05, 0) is 19.2 Å². The number of nitrogens with one attached hydrogen (secondary N) is 2. The highest BCUT2D eigenvalue weighted by Gasteiger charge is 2.19. The first-order chi connectivity index (χ1) is 6.81. The fourth-order valence-corrected chi connectivity index (χ4v) is 1.63. The monoisotopic (exact) mass is 193 g/mol. The molecule has 0 bridgehead atoms. The first kappa shape index (κ1) is 9.15. The Morgan fingerprint density at radius 1 is 1.64 bits per heavy atom. The van der Waals surface area contributed by atoms with Crippen LogP contribution in [0.15, 0.2) is 18.2 Å². The van der Waals surface area contributed by atoms with Gasteiger partial charge in [0, 0.05) is 6.54 Å². The summed E-state index contributed by atoms with van der Waals surface area (Å²) in [6.07, 6.45) is 0. The molecule has 1 unspecified atom stereocenters. The van der Waals surface area contributed by atoms with Crippen LogP contribution in [-0.4, -0.2) is 26.2 Å². The number of nitrogens with two attached hydrogens (primary N) is 1. The summed E-state index contributed by atoms with van der Waals surface area (Å²) in [7, 11) is 1.93. The number of anilines is 2. The average molecular weight is 193 g/mol. The molecule has 1 heterocycles. The lowest BCUT2D eigenvalue weighted by Gasteiger charge is -2.28. The van der Waals surface area contributed by atoms with E-state index in [0.29, 0.717) is 18.3 Å². The van der Waals surface area contributed by atoms with E-state index in [1.165, 1.54) is 0 Å².